The number of esters is 1. The molecule has 0 aromatic heterocycles. The van der Waals surface area contributed by atoms with Gasteiger partial charge >= 0.3 is 5.97 Å². The van der Waals surface area contributed by atoms with Crippen LogP contribution in [0.3, 0.4) is 0 Å². The lowest BCUT2D eigenvalue weighted by molar-refractivity contribution is -0.151. The normalized spacial score (nSPS) is 26.4. The van der Waals surface area contributed by atoms with Crippen molar-refractivity contribution in [3.63, 3.8) is 0 Å². The predicted molar refractivity (Wildman–Crippen MR) is 77.5 cm³/mol. The second kappa shape index (κ2) is 9.32. The first kappa shape index (κ1) is 17.4. The maximum Gasteiger partial charge on any atom is 0.308 e. The molecule has 1 aliphatic rings. The van der Waals surface area contributed by atoms with E-state index in [1.807, 2.05) is 13.8 Å². The fourth-order valence-corrected chi connectivity index (χ4v) is 2.59. The summed E-state index contributed by atoms with van der Waals surface area (Å²) in [6, 6.07) is 0. The van der Waals surface area contributed by atoms with E-state index in [4.69, 9.17) is 9.47 Å². The third kappa shape index (κ3) is 6.20. The van der Waals surface area contributed by atoms with Crippen molar-refractivity contribution in [3.05, 3.63) is 0 Å². The highest BCUT2D eigenvalue weighted by Crippen LogP contribution is 2.32. The van der Waals surface area contributed by atoms with Crippen molar-refractivity contribution in [2.24, 2.45) is 5.92 Å². The Bertz CT molecular complexity index is 275. The van der Waals surface area contributed by atoms with Crippen molar-refractivity contribution in [1.29, 1.82) is 0 Å². The molecule has 1 aliphatic carbocycles. The number of aliphatic hydroxyl groups is 1. The van der Waals surface area contributed by atoms with E-state index >= 15 is 0 Å². The molecule has 2 N–H and O–H groups in total. The van der Waals surface area contributed by atoms with Crippen molar-refractivity contribution in [3.8, 4) is 0 Å². The second-order valence-corrected chi connectivity index (χ2v) is 5.48. The smallest absolute Gasteiger partial charge is 0.308 e. The van der Waals surface area contributed by atoms with Gasteiger partial charge in [0.2, 0.25) is 0 Å². The minimum atomic E-state index is -0.672. The Kier molecular flexibility index (Phi) is 8.11. The quantitative estimate of drug-likeness (QED) is 0.497. The standard InChI is InChI=1S/C15H29NO4/c1-3-19-11-5-10-16-12-15(18)8-6-13(7-9-15)14(17)20-4-2/h13,16,18H,3-12H2,1-2H3. The molecule has 0 bridgehead atoms. The lowest BCUT2D eigenvalue weighted by Gasteiger charge is -2.35. The Morgan fingerprint density at radius 2 is 2.00 bits per heavy atom. The molecule has 0 unspecified atom stereocenters. The molecule has 0 aromatic carbocycles. The van der Waals surface area contributed by atoms with E-state index in [9.17, 15) is 9.90 Å². The molecule has 0 radical (unpaired) electrons. The van der Waals surface area contributed by atoms with E-state index in [1.165, 1.54) is 0 Å². The van der Waals surface area contributed by atoms with Crippen molar-refractivity contribution in [2.75, 3.05) is 32.9 Å². The molecular weight excluding hydrogens is 258 g/mol. The molecule has 0 atom stereocenters. The first-order valence-electron chi connectivity index (χ1n) is 7.79. The molecule has 0 saturated heterocycles. The number of carbonyl (C=O) groups is 1. The number of ether oxygens (including phenoxy) is 2. The summed E-state index contributed by atoms with van der Waals surface area (Å²) in [6.45, 7) is 7.19. The highest BCUT2D eigenvalue weighted by Gasteiger charge is 2.35. The molecule has 118 valence electrons. The van der Waals surface area contributed by atoms with Gasteiger partial charge < -0.3 is 19.9 Å². The zero-order valence-electron chi connectivity index (χ0n) is 12.8. The number of rotatable bonds is 9. The van der Waals surface area contributed by atoms with Gasteiger partial charge in [0.05, 0.1) is 18.1 Å². The number of hydrogen-bond acceptors (Lipinski definition) is 5. The second-order valence-electron chi connectivity index (χ2n) is 5.48. The summed E-state index contributed by atoms with van der Waals surface area (Å²) in [5, 5.41) is 13.7. The van der Waals surface area contributed by atoms with Gasteiger partial charge in [0.25, 0.3) is 0 Å². The molecule has 0 amide bonds. The molecule has 1 saturated carbocycles. The molecule has 1 rings (SSSR count). The Morgan fingerprint density at radius 1 is 1.30 bits per heavy atom. The van der Waals surface area contributed by atoms with Crippen molar-refractivity contribution >= 4 is 5.97 Å². The van der Waals surface area contributed by atoms with Gasteiger partial charge in [0.1, 0.15) is 0 Å². The van der Waals surface area contributed by atoms with Crippen LogP contribution in [0.15, 0.2) is 0 Å². The summed E-state index contributed by atoms with van der Waals surface area (Å²) in [5.74, 6) is -0.146. The lowest BCUT2D eigenvalue weighted by atomic mass is 9.79. The Labute approximate surface area is 122 Å². The maximum absolute atomic E-state index is 11.6. The first-order valence-corrected chi connectivity index (χ1v) is 7.79. The third-order valence-corrected chi connectivity index (χ3v) is 3.84. The van der Waals surface area contributed by atoms with Crippen molar-refractivity contribution in [1.82, 2.24) is 5.32 Å². The summed E-state index contributed by atoms with van der Waals surface area (Å²) < 4.78 is 10.3. The Balaban J connectivity index is 2.16. The highest BCUT2D eigenvalue weighted by atomic mass is 16.5. The Hall–Kier alpha value is -0.650. The van der Waals surface area contributed by atoms with Gasteiger partial charge in [-0.05, 0) is 52.5 Å². The average Bonchev–Trinajstić information content (AvgIpc) is 2.44. The van der Waals surface area contributed by atoms with Crippen LogP contribution in [0.25, 0.3) is 0 Å². The molecule has 20 heavy (non-hydrogen) atoms. The van der Waals surface area contributed by atoms with Crippen LogP contribution in [0, 0.1) is 5.92 Å². The van der Waals surface area contributed by atoms with E-state index in [2.05, 4.69) is 5.32 Å². The number of nitrogens with one attached hydrogen (secondary N) is 1. The van der Waals surface area contributed by atoms with Crippen LogP contribution in [0.2, 0.25) is 0 Å². The third-order valence-electron chi connectivity index (χ3n) is 3.84. The molecule has 5 heteroatoms. The number of carbonyl (C=O) groups excluding carboxylic acids is 1. The van der Waals surface area contributed by atoms with Gasteiger partial charge in [0, 0.05) is 19.8 Å². The summed E-state index contributed by atoms with van der Waals surface area (Å²) in [4.78, 5) is 11.6. The van der Waals surface area contributed by atoms with E-state index in [-0.39, 0.29) is 11.9 Å². The van der Waals surface area contributed by atoms with Gasteiger partial charge in [0.15, 0.2) is 0 Å². The van der Waals surface area contributed by atoms with Crippen LogP contribution in [0.1, 0.15) is 46.0 Å². The van der Waals surface area contributed by atoms with Gasteiger partial charge in [-0.1, -0.05) is 0 Å². The molecule has 0 aromatic rings. The minimum Gasteiger partial charge on any atom is -0.466 e. The van der Waals surface area contributed by atoms with Crippen LogP contribution in [0.4, 0.5) is 0 Å². The first-order chi connectivity index (χ1) is 9.61. The monoisotopic (exact) mass is 287 g/mol. The zero-order valence-corrected chi connectivity index (χ0v) is 12.8. The van der Waals surface area contributed by atoms with E-state index < -0.39 is 5.60 Å². The zero-order chi connectivity index (χ0) is 14.8. The topological polar surface area (TPSA) is 67.8 Å². The Morgan fingerprint density at radius 3 is 2.60 bits per heavy atom. The fraction of sp³-hybridized carbons (Fsp3) is 0.933. The van der Waals surface area contributed by atoms with Crippen LogP contribution >= 0.6 is 0 Å². The molecular formula is C15H29NO4. The molecule has 0 spiro atoms. The van der Waals surface area contributed by atoms with E-state index in [0.29, 0.717) is 26.0 Å². The van der Waals surface area contributed by atoms with E-state index in [0.717, 1.165) is 39.0 Å². The van der Waals surface area contributed by atoms with Gasteiger partial charge in [-0.25, -0.2) is 0 Å². The summed E-state index contributed by atoms with van der Waals surface area (Å²) in [6.07, 6.45) is 3.71. The summed E-state index contributed by atoms with van der Waals surface area (Å²) in [7, 11) is 0. The molecule has 0 heterocycles. The van der Waals surface area contributed by atoms with Crippen LogP contribution in [-0.4, -0.2) is 49.6 Å². The number of hydrogen-bond donors (Lipinski definition) is 2. The van der Waals surface area contributed by atoms with Crippen LogP contribution < -0.4 is 5.32 Å². The largest absolute Gasteiger partial charge is 0.466 e. The fourth-order valence-electron chi connectivity index (χ4n) is 2.59. The SMILES string of the molecule is CCOCCCNCC1(O)CCC(C(=O)OCC)CC1. The lowest BCUT2D eigenvalue weighted by Crippen LogP contribution is -2.45. The van der Waals surface area contributed by atoms with E-state index in [1.54, 1.807) is 0 Å². The van der Waals surface area contributed by atoms with Crippen LogP contribution in [0.5, 0.6) is 0 Å². The van der Waals surface area contributed by atoms with Crippen molar-refractivity contribution < 1.29 is 19.4 Å². The molecule has 0 aliphatic heterocycles. The average molecular weight is 287 g/mol. The molecule has 1 fully saturated rings. The van der Waals surface area contributed by atoms with Crippen molar-refractivity contribution in [2.45, 2.75) is 51.6 Å². The van der Waals surface area contributed by atoms with Crippen LogP contribution in [-0.2, 0) is 14.3 Å². The molecule has 5 nitrogen and oxygen atoms in total. The van der Waals surface area contributed by atoms with Gasteiger partial charge in [-0.3, -0.25) is 4.79 Å². The summed E-state index contributed by atoms with van der Waals surface area (Å²) in [5.41, 5.74) is -0.672. The minimum absolute atomic E-state index is 0.0341. The maximum atomic E-state index is 11.6. The summed E-state index contributed by atoms with van der Waals surface area (Å²) >= 11 is 0. The highest BCUT2D eigenvalue weighted by molar-refractivity contribution is 5.72. The predicted octanol–water partition coefficient (Wildman–Crippen LogP) is 1.49. The van der Waals surface area contributed by atoms with Gasteiger partial charge in [-0.2, -0.15) is 0 Å². The van der Waals surface area contributed by atoms with Gasteiger partial charge in [-0.15, -0.1) is 0 Å².